The summed E-state index contributed by atoms with van der Waals surface area (Å²) < 4.78 is 58.7. The number of fused-ring (bicyclic) bond motifs is 1. The van der Waals surface area contributed by atoms with E-state index in [1.165, 1.54) is 12.1 Å². The van der Waals surface area contributed by atoms with Crippen LogP contribution < -0.4 is 19.8 Å². The van der Waals surface area contributed by atoms with Gasteiger partial charge in [0.2, 0.25) is 20.0 Å². The molecule has 1 aliphatic heterocycles. The molecule has 27 heavy (non-hydrogen) atoms. The molecular weight excluding hydrogens is 392 g/mol. The highest BCUT2D eigenvalue weighted by atomic mass is 32.2. The Hall–Kier alpha value is -2.14. The highest BCUT2D eigenvalue weighted by Gasteiger charge is 2.25. The van der Waals surface area contributed by atoms with E-state index in [0.29, 0.717) is 31.1 Å². The third-order valence-electron chi connectivity index (χ3n) is 4.37. The molecule has 10 heteroatoms. The first-order valence-electron chi connectivity index (χ1n) is 8.20. The van der Waals surface area contributed by atoms with Crippen LogP contribution in [0.25, 0.3) is 0 Å². The van der Waals surface area contributed by atoms with Gasteiger partial charge in [-0.25, -0.2) is 27.1 Å². The van der Waals surface area contributed by atoms with Crippen LogP contribution in [0.1, 0.15) is 30.4 Å². The zero-order valence-corrected chi connectivity index (χ0v) is 16.2. The highest BCUT2D eigenvalue weighted by molar-refractivity contribution is 7.89. The fourth-order valence-corrected chi connectivity index (χ4v) is 4.48. The Bertz CT molecular complexity index is 1080. The zero-order chi connectivity index (χ0) is 19.8. The SMILES string of the molecule is CCC(c1ccc2c(c1)OCCO2)c1cc(S(N)(=O)=O)ccc1S(N)(=O)=O. The van der Waals surface area contributed by atoms with Crippen molar-refractivity contribution in [3.63, 3.8) is 0 Å². The van der Waals surface area contributed by atoms with Gasteiger partial charge in [-0.3, -0.25) is 0 Å². The summed E-state index contributed by atoms with van der Waals surface area (Å²) in [6.07, 6.45) is 0.496. The van der Waals surface area contributed by atoms with Crippen molar-refractivity contribution in [2.45, 2.75) is 29.1 Å². The number of ether oxygens (including phenoxy) is 2. The molecule has 0 saturated heterocycles. The Morgan fingerprint density at radius 3 is 2.19 bits per heavy atom. The minimum Gasteiger partial charge on any atom is -0.486 e. The minimum atomic E-state index is -4.07. The maximum atomic E-state index is 12.1. The van der Waals surface area contributed by atoms with E-state index in [1.54, 1.807) is 18.2 Å². The Morgan fingerprint density at radius 1 is 0.926 bits per heavy atom. The highest BCUT2D eigenvalue weighted by Crippen LogP contribution is 2.38. The lowest BCUT2D eigenvalue weighted by molar-refractivity contribution is 0.171. The third kappa shape index (κ3) is 4.08. The first kappa shape index (κ1) is 19.6. The van der Waals surface area contributed by atoms with Gasteiger partial charge in [0.1, 0.15) is 13.2 Å². The summed E-state index contributed by atoms with van der Waals surface area (Å²) in [5.41, 5.74) is 1.02. The molecule has 0 bridgehead atoms. The molecule has 0 saturated carbocycles. The van der Waals surface area contributed by atoms with Crippen LogP contribution in [-0.4, -0.2) is 30.0 Å². The number of rotatable bonds is 5. The maximum absolute atomic E-state index is 12.1. The monoisotopic (exact) mass is 412 g/mol. The third-order valence-corrected chi connectivity index (χ3v) is 6.26. The molecule has 0 fully saturated rings. The molecule has 1 atom stereocenters. The molecule has 1 aliphatic rings. The molecule has 2 aromatic carbocycles. The van der Waals surface area contributed by atoms with Gasteiger partial charge in [-0.1, -0.05) is 13.0 Å². The van der Waals surface area contributed by atoms with Crippen molar-refractivity contribution < 1.29 is 26.3 Å². The minimum absolute atomic E-state index is 0.142. The quantitative estimate of drug-likeness (QED) is 0.759. The van der Waals surface area contributed by atoms with Crippen LogP contribution in [0.15, 0.2) is 46.2 Å². The van der Waals surface area contributed by atoms with Crippen molar-refractivity contribution in [2.75, 3.05) is 13.2 Å². The van der Waals surface area contributed by atoms with Gasteiger partial charge in [0.05, 0.1) is 9.79 Å². The Balaban J connectivity index is 2.19. The lowest BCUT2D eigenvalue weighted by Gasteiger charge is -2.23. The van der Waals surface area contributed by atoms with E-state index in [9.17, 15) is 16.8 Å². The predicted octanol–water partition coefficient (Wildman–Crippen LogP) is 1.29. The van der Waals surface area contributed by atoms with E-state index >= 15 is 0 Å². The Labute approximate surface area is 158 Å². The van der Waals surface area contributed by atoms with Gasteiger partial charge < -0.3 is 9.47 Å². The Morgan fingerprint density at radius 2 is 1.59 bits per heavy atom. The largest absolute Gasteiger partial charge is 0.486 e. The number of primary sulfonamides is 2. The van der Waals surface area contributed by atoms with E-state index in [-0.39, 0.29) is 15.4 Å². The van der Waals surface area contributed by atoms with Gasteiger partial charge in [-0.2, -0.15) is 0 Å². The molecular formula is C17H20N2O6S2. The number of benzene rings is 2. The number of sulfonamides is 2. The summed E-state index contributed by atoms with van der Waals surface area (Å²) in [5, 5.41) is 10.6. The van der Waals surface area contributed by atoms with Gasteiger partial charge >= 0.3 is 0 Å². The van der Waals surface area contributed by atoms with Gasteiger partial charge in [-0.05, 0) is 47.9 Å². The summed E-state index contributed by atoms with van der Waals surface area (Å²) in [6.45, 7) is 2.73. The maximum Gasteiger partial charge on any atom is 0.238 e. The molecule has 0 spiro atoms. The molecule has 0 radical (unpaired) electrons. The van der Waals surface area contributed by atoms with Crippen LogP contribution in [0.5, 0.6) is 11.5 Å². The standard InChI is InChI=1S/C17H20N2O6S2/c1-2-13(11-3-5-15-16(9-11)25-8-7-24-15)14-10-12(26(18,20)21)4-6-17(14)27(19,22)23/h3-6,9-10,13H,2,7-8H2,1H3,(H2,18,20,21)(H2,19,22,23). The van der Waals surface area contributed by atoms with E-state index in [2.05, 4.69) is 0 Å². The van der Waals surface area contributed by atoms with Gasteiger partial charge in [0.15, 0.2) is 11.5 Å². The number of hydrogen-bond acceptors (Lipinski definition) is 6. The van der Waals surface area contributed by atoms with Crippen molar-refractivity contribution in [1.29, 1.82) is 0 Å². The molecule has 3 rings (SSSR count). The lowest BCUT2D eigenvalue weighted by Crippen LogP contribution is -2.19. The zero-order valence-electron chi connectivity index (χ0n) is 14.6. The molecule has 1 heterocycles. The predicted molar refractivity (Wildman–Crippen MR) is 98.8 cm³/mol. The summed E-state index contributed by atoms with van der Waals surface area (Å²) in [6, 6.07) is 8.87. The van der Waals surface area contributed by atoms with Crippen molar-refractivity contribution >= 4 is 20.0 Å². The van der Waals surface area contributed by atoms with Crippen LogP contribution in [0.3, 0.4) is 0 Å². The van der Waals surface area contributed by atoms with E-state index in [4.69, 9.17) is 19.8 Å². The van der Waals surface area contributed by atoms with Crippen molar-refractivity contribution in [3.8, 4) is 11.5 Å². The summed E-state index contributed by atoms with van der Waals surface area (Å²) >= 11 is 0. The van der Waals surface area contributed by atoms with Gasteiger partial charge in [0, 0.05) is 5.92 Å². The number of nitrogens with two attached hydrogens (primary N) is 2. The first-order valence-corrected chi connectivity index (χ1v) is 11.3. The molecule has 146 valence electrons. The molecule has 4 N–H and O–H groups in total. The molecule has 0 amide bonds. The molecule has 8 nitrogen and oxygen atoms in total. The molecule has 0 aliphatic carbocycles. The summed E-state index contributed by atoms with van der Waals surface area (Å²) in [5.74, 6) is 0.720. The summed E-state index contributed by atoms with van der Waals surface area (Å²) in [4.78, 5) is -0.322. The van der Waals surface area contributed by atoms with Crippen LogP contribution in [-0.2, 0) is 20.0 Å². The van der Waals surface area contributed by atoms with Crippen LogP contribution in [0.2, 0.25) is 0 Å². The van der Waals surface area contributed by atoms with Crippen molar-refractivity contribution in [2.24, 2.45) is 10.3 Å². The van der Waals surface area contributed by atoms with Crippen LogP contribution in [0.4, 0.5) is 0 Å². The topological polar surface area (TPSA) is 139 Å². The molecule has 0 aromatic heterocycles. The average molecular weight is 412 g/mol. The average Bonchev–Trinajstić information content (AvgIpc) is 2.60. The fourth-order valence-electron chi connectivity index (χ4n) is 3.15. The van der Waals surface area contributed by atoms with Crippen LogP contribution >= 0.6 is 0 Å². The van der Waals surface area contributed by atoms with Gasteiger partial charge in [0.25, 0.3) is 0 Å². The normalized spacial score (nSPS) is 15.4. The van der Waals surface area contributed by atoms with E-state index in [1.807, 2.05) is 6.92 Å². The second-order valence-corrected chi connectivity index (χ2v) is 9.24. The fraction of sp³-hybridized carbons (Fsp3) is 0.294. The first-order chi connectivity index (χ1) is 12.6. The molecule has 1 unspecified atom stereocenters. The van der Waals surface area contributed by atoms with E-state index in [0.717, 1.165) is 11.6 Å². The number of hydrogen-bond donors (Lipinski definition) is 2. The van der Waals surface area contributed by atoms with Gasteiger partial charge in [-0.15, -0.1) is 0 Å². The van der Waals surface area contributed by atoms with Crippen LogP contribution in [0, 0.1) is 0 Å². The second-order valence-electron chi connectivity index (χ2n) is 6.15. The smallest absolute Gasteiger partial charge is 0.238 e. The van der Waals surface area contributed by atoms with E-state index < -0.39 is 26.0 Å². The second kappa shape index (κ2) is 7.12. The molecule has 2 aromatic rings. The summed E-state index contributed by atoms with van der Waals surface area (Å²) in [7, 11) is -8.07. The van der Waals surface area contributed by atoms with Crippen molar-refractivity contribution in [1.82, 2.24) is 0 Å². The van der Waals surface area contributed by atoms with Crippen molar-refractivity contribution in [3.05, 3.63) is 47.5 Å². The lowest BCUT2D eigenvalue weighted by atomic mass is 9.89. The Kier molecular flexibility index (Phi) is 5.17.